The van der Waals surface area contributed by atoms with Crippen LogP contribution in [0.2, 0.25) is 19.6 Å². The van der Waals surface area contributed by atoms with E-state index in [1.54, 1.807) is 12.1 Å². The molecule has 0 saturated carbocycles. The van der Waals surface area contributed by atoms with Crippen molar-refractivity contribution in [1.29, 1.82) is 0 Å². The van der Waals surface area contributed by atoms with Crippen molar-refractivity contribution in [2.75, 3.05) is 0 Å². The van der Waals surface area contributed by atoms with E-state index in [0.717, 1.165) is 50.0 Å². The molecule has 0 N–H and O–H groups in total. The minimum absolute atomic E-state index is 0. The largest absolute Gasteiger partial charge is 0.501 e. The van der Waals surface area contributed by atoms with Crippen LogP contribution in [-0.4, -0.2) is 18.0 Å². The molecule has 0 saturated heterocycles. The van der Waals surface area contributed by atoms with E-state index in [1.807, 2.05) is 67.0 Å². The number of hydrogen-bond acceptors (Lipinski definition) is 3. The summed E-state index contributed by atoms with van der Waals surface area (Å²) in [5.74, 6) is 0.168. The normalized spacial score (nSPS) is 11.3. The van der Waals surface area contributed by atoms with Gasteiger partial charge in [-0.25, -0.2) is 4.39 Å². The average molecular weight is 875 g/mol. The molecule has 0 spiro atoms. The number of nitrogens with zero attached hydrogens (tertiary/aromatic N) is 2. The number of hydrogen-bond donors (Lipinski definition) is 0. The van der Waals surface area contributed by atoms with Gasteiger partial charge in [-0.15, -0.1) is 48.0 Å². The molecule has 261 valence electrons. The van der Waals surface area contributed by atoms with Gasteiger partial charge in [0.1, 0.15) is 11.4 Å². The van der Waals surface area contributed by atoms with E-state index < -0.39 is 8.07 Å². The third-order valence-corrected chi connectivity index (χ3v) is 11.2. The van der Waals surface area contributed by atoms with Crippen LogP contribution in [0.4, 0.5) is 4.39 Å². The summed E-state index contributed by atoms with van der Waals surface area (Å²) in [5.41, 5.74) is 10.2. The first-order chi connectivity index (χ1) is 24.7. The second-order valence-corrected chi connectivity index (χ2v) is 19.1. The molecule has 3 nitrogen and oxygen atoms in total. The topological polar surface area (TPSA) is 38.9 Å². The van der Waals surface area contributed by atoms with Crippen molar-refractivity contribution >= 4 is 35.2 Å². The minimum Gasteiger partial charge on any atom is -0.501 e. The van der Waals surface area contributed by atoms with Gasteiger partial charge in [-0.05, 0) is 46.3 Å². The Bertz CT molecular complexity index is 2430. The maximum absolute atomic E-state index is 14.2. The Kier molecular flexibility index (Phi) is 11.1. The number of rotatable bonds is 6. The fourth-order valence-electron chi connectivity index (χ4n) is 6.13. The summed E-state index contributed by atoms with van der Waals surface area (Å²) >= 11 is 0. The van der Waals surface area contributed by atoms with Crippen LogP contribution >= 0.6 is 0 Å². The van der Waals surface area contributed by atoms with Gasteiger partial charge in [-0.1, -0.05) is 140 Å². The first kappa shape index (κ1) is 36.8. The second-order valence-electron chi connectivity index (χ2n) is 14.1. The quantitative estimate of drug-likeness (QED) is 0.123. The summed E-state index contributed by atoms with van der Waals surface area (Å²) in [4.78, 5) is 9.17. The Hall–Kier alpha value is -5.00. The molecule has 8 aromatic rings. The van der Waals surface area contributed by atoms with Crippen LogP contribution in [0.3, 0.4) is 0 Å². The third-order valence-electron chi connectivity index (χ3n) is 9.15. The predicted molar refractivity (Wildman–Crippen MR) is 212 cm³/mol. The van der Waals surface area contributed by atoms with Crippen molar-refractivity contribution in [3.05, 3.63) is 163 Å². The first-order valence-electron chi connectivity index (χ1n) is 17.3. The van der Waals surface area contributed by atoms with Gasteiger partial charge in [0, 0.05) is 43.4 Å². The van der Waals surface area contributed by atoms with Crippen LogP contribution in [0.25, 0.3) is 66.7 Å². The van der Waals surface area contributed by atoms with E-state index in [1.165, 1.54) is 27.9 Å². The van der Waals surface area contributed by atoms with Gasteiger partial charge in [0.25, 0.3) is 0 Å². The molecule has 0 bridgehead atoms. The molecule has 3 aromatic heterocycles. The SMILES string of the molecule is CC(C)c1ccnc(-c2[c-]ccc3c2oc2cc(-c4ccccc4F)ccc23)c1.C[Si](C)(C)c1ccc(-c2[c-]cc(-c3ccccc3)cc2)nc1.[Ir]. The summed E-state index contributed by atoms with van der Waals surface area (Å²) < 4.78 is 20.5. The molecule has 0 unspecified atom stereocenters. The van der Waals surface area contributed by atoms with E-state index in [4.69, 9.17) is 4.42 Å². The van der Waals surface area contributed by atoms with Crippen LogP contribution in [0.5, 0.6) is 0 Å². The van der Waals surface area contributed by atoms with E-state index in [0.29, 0.717) is 11.5 Å². The molecule has 0 aliphatic carbocycles. The van der Waals surface area contributed by atoms with E-state index in [-0.39, 0.29) is 25.9 Å². The minimum atomic E-state index is -1.28. The van der Waals surface area contributed by atoms with Gasteiger partial charge >= 0.3 is 0 Å². The summed E-state index contributed by atoms with van der Waals surface area (Å²) in [6.07, 6.45) is 3.86. The number of furan rings is 1. The van der Waals surface area contributed by atoms with E-state index in [2.05, 4.69) is 110 Å². The molecule has 52 heavy (non-hydrogen) atoms. The number of fused-ring (bicyclic) bond motifs is 3. The van der Waals surface area contributed by atoms with Gasteiger partial charge in [-0.2, -0.15) is 0 Å². The van der Waals surface area contributed by atoms with Crippen LogP contribution < -0.4 is 5.19 Å². The molecule has 8 rings (SSSR count). The van der Waals surface area contributed by atoms with Crippen molar-refractivity contribution in [2.45, 2.75) is 39.4 Å². The Morgan fingerprint density at radius 2 is 1.46 bits per heavy atom. The molecule has 5 aromatic carbocycles. The standard InChI is InChI=1S/C26H19FNO.C20H20NSi.Ir/c1-16(2)17-12-13-28-24(14-17)22-8-5-7-21-20-11-10-18(15-25(20)29-26(21)22)19-6-3-4-9-23(19)27;1-22(2,3)19-13-14-20(21-15-19)18-11-9-17(10-12-18)16-7-5-4-6-8-16;/h3-7,9-16H,1-2H3;4-11,13-15H,1-3H3;/q2*-1;. The zero-order valence-electron chi connectivity index (χ0n) is 29.9. The maximum Gasteiger partial charge on any atom is 0.131 e. The predicted octanol–water partition coefficient (Wildman–Crippen LogP) is 12.1. The number of aromatic nitrogens is 2. The zero-order chi connectivity index (χ0) is 35.5. The van der Waals surface area contributed by atoms with Crippen LogP contribution in [-0.2, 0) is 20.1 Å². The van der Waals surface area contributed by atoms with Gasteiger partial charge in [0.15, 0.2) is 0 Å². The second kappa shape index (κ2) is 15.7. The molecule has 0 amide bonds. The zero-order valence-corrected chi connectivity index (χ0v) is 33.3. The Morgan fingerprint density at radius 3 is 2.15 bits per heavy atom. The van der Waals surface area contributed by atoms with Crippen molar-refractivity contribution in [3.63, 3.8) is 0 Å². The molecule has 0 fully saturated rings. The molecule has 0 aliphatic heterocycles. The van der Waals surface area contributed by atoms with Crippen molar-refractivity contribution in [2.24, 2.45) is 0 Å². The van der Waals surface area contributed by atoms with Gasteiger partial charge in [0.05, 0.1) is 13.7 Å². The van der Waals surface area contributed by atoms with Gasteiger partial charge in [-0.3, -0.25) is 0 Å². The van der Waals surface area contributed by atoms with E-state index >= 15 is 0 Å². The maximum atomic E-state index is 14.2. The smallest absolute Gasteiger partial charge is 0.131 e. The number of pyridine rings is 2. The summed E-state index contributed by atoms with van der Waals surface area (Å²) in [6.45, 7) is 11.3. The van der Waals surface area contributed by atoms with Crippen LogP contribution in [0, 0.1) is 17.9 Å². The average Bonchev–Trinajstić information content (AvgIpc) is 3.54. The first-order valence-corrected chi connectivity index (χ1v) is 20.8. The van der Waals surface area contributed by atoms with Crippen molar-refractivity contribution < 1.29 is 28.9 Å². The van der Waals surface area contributed by atoms with Crippen LogP contribution in [0.15, 0.2) is 144 Å². The van der Waals surface area contributed by atoms with Crippen molar-refractivity contribution in [3.8, 4) is 44.8 Å². The summed E-state index contributed by atoms with van der Waals surface area (Å²) in [6, 6.07) is 48.3. The number of benzene rings is 5. The third kappa shape index (κ3) is 7.90. The molecule has 0 aliphatic rings. The fraction of sp³-hybridized carbons (Fsp3) is 0.130. The summed E-state index contributed by atoms with van der Waals surface area (Å²) in [7, 11) is -1.28. The Morgan fingerprint density at radius 1 is 0.692 bits per heavy atom. The Balaban J connectivity index is 0.000000182. The summed E-state index contributed by atoms with van der Waals surface area (Å²) in [5, 5.41) is 3.39. The molecule has 1 radical (unpaired) electrons. The molecule has 6 heteroatoms. The van der Waals surface area contributed by atoms with Gasteiger partial charge < -0.3 is 14.4 Å². The molecule has 0 atom stereocenters. The molecular weight excluding hydrogens is 836 g/mol. The molecular formula is C46H39FIrN2OSi-2. The van der Waals surface area contributed by atoms with Crippen molar-refractivity contribution in [1.82, 2.24) is 9.97 Å². The van der Waals surface area contributed by atoms with E-state index in [9.17, 15) is 4.39 Å². The van der Waals surface area contributed by atoms with Gasteiger partial charge in [0.2, 0.25) is 0 Å². The Labute approximate surface area is 320 Å². The monoisotopic (exact) mass is 875 g/mol. The van der Waals surface area contributed by atoms with Crippen LogP contribution in [0.1, 0.15) is 25.3 Å². The number of halogens is 1. The fourth-order valence-corrected chi connectivity index (χ4v) is 7.16. The molecule has 3 heterocycles.